The molecule has 1 fully saturated rings. The molecule has 106 valence electrons. The molecular formula is C15H21F2NO. The van der Waals surface area contributed by atoms with Gasteiger partial charge in [0.2, 0.25) is 0 Å². The van der Waals surface area contributed by atoms with Crippen LogP contribution in [-0.4, -0.2) is 12.7 Å². The van der Waals surface area contributed by atoms with E-state index >= 15 is 0 Å². The fraction of sp³-hybridized carbons (Fsp3) is 0.600. The Kier molecular flexibility index (Phi) is 5.28. The van der Waals surface area contributed by atoms with Gasteiger partial charge in [-0.05, 0) is 18.9 Å². The molecule has 1 aromatic carbocycles. The zero-order valence-corrected chi connectivity index (χ0v) is 11.1. The number of rotatable bonds is 4. The maximum atomic E-state index is 13.6. The van der Waals surface area contributed by atoms with Crippen LogP contribution >= 0.6 is 0 Å². The van der Waals surface area contributed by atoms with Gasteiger partial charge in [-0.25, -0.2) is 8.78 Å². The Morgan fingerprint density at radius 1 is 1.16 bits per heavy atom. The minimum absolute atomic E-state index is 0.233. The normalized spacial score (nSPS) is 19.1. The molecule has 1 aromatic rings. The first-order chi connectivity index (χ1) is 9.16. The van der Waals surface area contributed by atoms with Crippen LogP contribution < -0.4 is 5.73 Å². The van der Waals surface area contributed by atoms with E-state index in [1.165, 1.54) is 37.8 Å². The van der Waals surface area contributed by atoms with Crippen LogP contribution in [0, 0.1) is 11.6 Å². The molecular weight excluding hydrogens is 248 g/mol. The third kappa shape index (κ3) is 4.25. The van der Waals surface area contributed by atoms with Gasteiger partial charge < -0.3 is 10.5 Å². The summed E-state index contributed by atoms with van der Waals surface area (Å²) in [6.07, 6.45) is 7.24. The van der Waals surface area contributed by atoms with Crippen LogP contribution in [0.25, 0.3) is 0 Å². The van der Waals surface area contributed by atoms with Crippen LogP contribution in [0.4, 0.5) is 8.78 Å². The van der Waals surface area contributed by atoms with Crippen LogP contribution in [0.15, 0.2) is 18.2 Å². The van der Waals surface area contributed by atoms with Gasteiger partial charge in [0.25, 0.3) is 0 Å². The van der Waals surface area contributed by atoms with Crippen molar-refractivity contribution in [2.24, 2.45) is 5.73 Å². The lowest BCUT2D eigenvalue weighted by Gasteiger charge is -2.19. The molecule has 0 amide bonds. The molecule has 19 heavy (non-hydrogen) atoms. The smallest absolute Gasteiger partial charge is 0.130 e. The van der Waals surface area contributed by atoms with E-state index in [1.807, 2.05) is 0 Å². The first-order valence-corrected chi connectivity index (χ1v) is 6.99. The van der Waals surface area contributed by atoms with Gasteiger partial charge in [0.05, 0.1) is 18.8 Å². The second-order valence-corrected chi connectivity index (χ2v) is 5.22. The van der Waals surface area contributed by atoms with E-state index in [0.717, 1.165) is 18.9 Å². The van der Waals surface area contributed by atoms with Gasteiger partial charge in [0.1, 0.15) is 11.6 Å². The predicted octanol–water partition coefficient (Wildman–Crippen LogP) is 3.70. The number of halogens is 2. The quantitative estimate of drug-likeness (QED) is 0.846. The molecule has 0 heterocycles. The van der Waals surface area contributed by atoms with Crippen molar-refractivity contribution in [3.8, 4) is 0 Å². The standard InChI is InChI=1S/C15H21F2NO/c16-11-7-8-13(14(17)9-11)15(18)10-19-12-5-3-1-2-4-6-12/h7-9,12,15H,1-6,10,18H2. The number of ether oxygens (including phenoxy) is 1. The lowest BCUT2D eigenvalue weighted by Crippen LogP contribution is -2.23. The summed E-state index contributed by atoms with van der Waals surface area (Å²) in [7, 11) is 0. The fourth-order valence-corrected chi connectivity index (χ4v) is 2.54. The molecule has 0 aliphatic heterocycles. The summed E-state index contributed by atoms with van der Waals surface area (Å²) in [5, 5.41) is 0. The Labute approximate surface area is 112 Å². The topological polar surface area (TPSA) is 35.2 Å². The van der Waals surface area contributed by atoms with Crippen molar-refractivity contribution in [3.63, 3.8) is 0 Å². The van der Waals surface area contributed by atoms with E-state index in [-0.39, 0.29) is 12.7 Å². The third-order valence-corrected chi connectivity index (χ3v) is 3.68. The van der Waals surface area contributed by atoms with Crippen LogP contribution in [0.1, 0.15) is 50.1 Å². The highest BCUT2D eigenvalue weighted by Crippen LogP contribution is 2.22. The summed E-state index contributed by atoms with van der Waals surface area (Å²) in [4.78, 5) is 0. The molecule has 1 aliphatic rings. The Balaban J connectivity index is 1.87. The SMILES string of the molecule is NC(COC1CCCCCC1)c1ccc(F)cc1F. The number of hydrogen-bond acceptors (Lipinski definition) is 2. The molecule has 1 unspecified atom stereocenters. The molecule has 4 heteroatoms. The van der Waals surface area contributed by atoms with Crippen LogP contribution in [0.2, 0.25) is 0 Å². The van der Waals surface area contributed by atoms with Crippen LogP contribution in [-0.2, 0) is 4.74 Å². The molecule has 0 bridgehead atoms. The van der Waals surface area contributed by atoms with E-state index in [2.05, 4.69) is 0 Å². The van der Waals surface area contributed by atoms with Crippen molar-refractivity contribution >= 4 is 0 Å². The summed E-state index contributed by atoms with van der Waals surface area (Å²) >= 11 is 0. The molecule has 1 saturated carbocycles. The summed E-state index contributed by atoms with van der Waals surface area (Å²) in [5.74, 6) is -1.19. The highest BCUT2D eigenvalue weighted by molar-refractivity contribution is 5.21. The zero-order valence-electron chi connectivity index (χ0n) is 11.1. The van der Waals surface area contributed by atoms with Gasteiger partial charge in [0, 0.05) is 11.6 Å². The van der Waals surface area contributed by atoms with Gasteiger partial charge in [-0.1, -0.05) is 31.7 Å². The zero-order chi connectivity index (χ0) is 13.7. The molecule has 0 aromatic heterocycles. The second-order valence-electron chi connectivity index (χ2n) is 5.22. The Morgan fingerprint density at radius 2 is 1.84 bits per heavy atom. The van der Waals surface area contributed by atoms with Crippen molar-refractivity contribution in [1.82, 2.24) is 0 Å². The Hall–Kier alpha value is -1.00. The lowest BCUT2D eigenvalue weighted by atomic mass is 10.1. The largest absolute Gasteiger partial charge is 0.376 e. The van der Waals surface area contributed by atoms with Crippen molar-refractivity contribution in [2.75, 3.05) is 6.61 Å². The van der Waals surface area contributed by atoms with Gasteiger partial charge in [0.15, 0.2) is 0 Å². The van der Waals surface area contributed by atoms with E-state index in [1.54, 1.807) is 0 Å². The number of nitrogens with two attached hydrogens (primary N) is 1. The summed E-state index contributed by atoms with van der Waals surface area (Å²) in [6, 6.07) is 2.94. The van der Waals surface area contributed by atoms with Gasteiger partial charge in [-0.3, -0.25) is 0 Å². The van der Waals surface area contributed by atoms with Gasteiger partial charge in [-0.2, -0.15) is 0 Å². The van der Waals surface area contributed by atoms with Gasteiger partial charge >= 0.3 is 0 Å². The molecule has 2 N–H and O–H groups in total. The lowest BCUT2D eigenvalue weighted by molar-refractivity contribution is 0.0340. The highest BCUT2D eigenvalue weighted by atomic mass is 19.1. The van der Waals surface area contributed by atoms with E-state index in [9.17, 15) is 8.78 Å². The molecule has 0 radical (unpaired) electrons. The Morgan fingerprint density at radius 3 is 2.47 bits per heavy atom. The first-order valence-electron chi connectivity index (χ1n) is 6.99. The second kappa shape index (κ2) is 6.96. The summed E-state index contributed by atoms with van der Waals surface area (Å²) < 4.78 is 32.2. The number of benzene rings is 1. The van der Waals surface area contributed by atoms with Crippen molar-refractivity contribution in [1.29, 1.82) is 0 Å². The highest BCUT2D eigenvalue weighted by Gasteiger charge is 2.17. The average Bonchev–Trinajstić information content (AvgIpc) is 2.64. The van der Waals surface area contributed by atoms with Crippen LogP contribution in [0.5, 0.6) is 0 Å². The van der Waals surface area contributed by atoms with Crippen molar-refractivity contribution < 1.29 is 13.5 Å². The fourth-order valence-electron chi connectivity index (χ4n) is 2.54. The third-order valence-electron chi connectivity index (χ3n) is 3.68. The van der Waals surface area contributed by atoms with Crippen LogP contribution in [0.3, 0.4) is 0 Å². The molecule has 0 saturated heterocycles. The molecule has 1 aliphatic carbocycles. The maximum Gasteiger partial charge on any atom is 0.130 e. The average molecular weight is 269 g/mol. The molecule has 2 rings (SSSR count). The van der Waals surface area contributed by atoms with E-state index in [4.69, 9.17) is 10.5 Å². The predicted molar refractivity (Wildman–Crippen MR) is 70.7 cm³/mol. The molecule has 0 spiro atoms. The van der Waals surface area contributed by atoms with E-state index in [0.29, 0.717) is 5.56 Å². The first kappa shape index (κ1) is 14.4. The van der Waals surface area contributed by atoms with Crippen molar-refractivity contribution in [3.05, 3.63) is 35.4 Å². The monoisotopic (exact) mass is 269 g/mol. The maximum absolute atomic E-state index is 13.6. The van der Waals surface area contributed by atoms with Crippen molar-refractivity contribution in [2.45, 2.75) is 50.7 Å². The number of hydrogen-bond donors (Lipinski definition) is 1. The van der Waals surface area contributed by atoms with E-state index < -0.39 is 17.7 Å². The minimum atomic E-state index is -0.600. The summed E-state index contributed by atoms with van der Waals surface area (Å²) in [6.45, 7) is 0.285. The molecule has 2 nitrogen and oxygen atoms in total. The Bertz CT molecular complexity index is 403. The molecule has 1 atom stereocenters. The minimum Gasteiger partial charge on any atom is -0.376 e. The summed E-state index contributed by atoms with van der Waals surface area (Å²) in [5.41, 5.74) is 6.23. The van der Waals surface area contributed by atoms with Gasteiger partial charge in [-0.15, -0.1) is 0 Å².